The fourth-order valence-corrected chi connectivity index (χ4v) is 4.07. The van der Waals surface area contributed by atoms with E-state index in [-0.39, 0.29) is 30.1 Å². The van der Waals surface area contributed by atoms with Crippen LogP contribution in [0, 0.1) is 12.8 Å². The highest BCUT2D eigenvalue weighted by molar-refractivity contribution is 14.0. The van der Waals surface area contributed by atoms with Crippen LogP contribution in [0.1, 0.15) is 35.8 Å². The highest BCUT2D eigenvalue weighted by Crippen LogP contribution is 2.33. The summed E-state index contributed by atoms with van der Waals surface area (Å²) >= 11 is 0. The lowest BCUT2D eigenvalue weighted by Gasteiger charge is -2.32. The SMILES string of the molecule is CN=C(NCc1oc2ccccc2c1C)NCC1CCCOC1c1ccccc1.I. The summed E-state index contributed by atoms with van der Waals surface area (Å²) in [4.78, 5) is 4.38. The Hall–Kier alpha value is -2.06. The standard InChI is InChI=1S/C24H29N3O2.HI/c1-17-20-12-6-7-13-21(20)29-22(17)16-27-24(25-2)26-15-19-11-8-14-28-23(19)18-9-4-3-5-10-18;/h3-7,9-10,12-13,19,23H,8,11,14-16H2,1-2H3,(H2,25,26,27);1H. The lowest BCUT2D eigenvalue weighted by atomic mass is 9.89. The lowest BCUT2D eigenvalue weighted by molar-refractivity contribution is -0.0265. The first-order chi connectivity index (χ1) is 14.3. The molecule has 1 fully saturated rings. The van der Waals surface area contributed by atoms with Gasteiger partial charge in [0.1, 0.15) is 11.3 Å². The van der Waals surface area contributed by atoms with Crippen molar-refractivity contribution in [2.24, 2.45) is 10.9 Å². The number of guanidine groups is 1. The van der Waals surface area contributed by atoms with Gasteiger partial charge in [-0.15, -0.1) is 24.0 Å². The first-order valence-electron chi connectivity index (χ1n) is 10.3. The minimum absolute atomic E-state index is 0. The normalized spacial score (nSPS) is 19.3. The first-order valence-corrected chi connectivity index (χ1v) is 10.3. The molecule has 5 nitrogen and oxygen atoms in total. The highest BCUT2D eigenvalue weighted by Gasteiger charge is 2.27. The summed E-state index contributed by atoms with van der Waals surface area (Å²) in [6.45, 7) is 4.35. The summed E-state index contributed by atoms with van der Waals surface area (Å²) in [7, 11) is 1.80. The number of hydrogen-bond acceptors (Lipinski definition) is 3. The van der Waals surface area contributed by atoms with Gasteiger partial charge in [0.25, 0.3) is 0 Å². The number of fused-ring (bicyclic) bond motifs is 1. The summed E-state index contributed by atoms with van der Waals surface area (Å²) < 4.78 is 12.1. The van der Waals surface area contributed by atoms with E-state index in [1.54, 1.807) is 7.05 Å². The molecule has 2 aromatic carbocycles. The van der Waals surface area contributed by atoms with Crippen LogP contribution in [0.4, 0.5) is 0 Å². The van der Waals surface area contributed by atoms with Gasteiger partial charge in [0.2, 0.25) is 0 Å². The Morgan fingerprint density at radius 1 is 1.07 bits per heavy atom. The van der Waals surface area contributed by atoms with Gasteiger partial charge in [0.15, 0.2) is 5.96 Å². The molecular formula is C24H30IN3O2. The number of ether oxygens (including phenoxy) is 1. The third kappa shape index (κ3) is 5.16. The molecule has 0 spiro atoms. The van der Waals surface area contributed by atoms with Crippen molar-refractivity contribution in [3.63, 3.8) is 0 Å². The van der Waals surface area contributed by atoms with Gasteiger partial charge in [-0.2, -0.15) is 0 Å². The van der Waals surface area contributed by atoms with Crippen molar-refractivity contribution < 1.29 is 9.15 Å². The summed E-state index contributed by atoms with van der Waals surface area (Å²) in [6.07, 6.45) is 2.37. The predicted molar refractivity (Wildman–Crippen MR) is 132 cm³/mol. The number of nitrogens with one attached hydrogen (secondary N) is 2. The molecule has 0 radical (unpaired) electrons. The van der Waals surface area contributed by atoms with Gasteiger partial charge in [-0.1, -0.05) is 48.5 Å². The molecule has 2 unspecified atom stereocenters. The molecule has 2 atom stereocenters. The second kappa shape index (κ2) is 10.8. The van der Waals surface area contributed by atoms with E-state index in [4.69, 9.17) is 9.15 Å². The van der Waals surface area contributed by atoms with Crippen LogP contribution in [-0.2, 0) is 11.3 Å². The van der Waals surface area contributed by atoms with Crippen LogP contribution in [0.2, 0.25) is 0 Å². The number of para-hydroxylation sites is 1. The molecule has 4 rings (SSSR count). The van der Waals surface area contributed by atoms with Crippen LogP contribution >= 0.6 is 24.0 Å². The Labute approximate surface area is 195 Å². The van der Waals surface area contributed by atoms with E-state index in [0.717, 1.165) is 48.7 Å². The molecule has 1 aliphatic heterocycles. The molecule has 2 N–H and O–H groups in total. The van der Waals surface area contributed by atoms with Crippen LogP contribution in [0.5, 0.6) is 0 Å². The van der Waals surface area contributed by atoms with Crippen LogP contribution in [0.15, 0.2) is 64.0 Å². The topological polar surface area (TPSA) is 58.8 Å². The Kier molecular flexibility index (Phi) is 8.16. The van der Waals surface area contributed by atoms with E-state index in [0.29, 0.717) is 12.5 Å². The number of aryl methyl sites for hydroxylation is 1. The molecular weight excluding hydrogens is 489 g/mol. The van der Waals surface area contributed by atoms with Gasteiger partial charge in [-0.3, -0.25) is 4.99 Å². The van der Waals surface area contributed by atoms with Crippen molar-refractivity contribution in [1.82, 2.24) is 10.6 Å². The molecule has 0 amide bonds. The summed E-state index contributed by atoms with van der Waals surface area (Å²) in [5.41, 5.74) is 3.35. The predicted octanol–water partition coefficient (Wildman–Crippen LogP) is 5.19. The van der Waals surface area contributed by atoms with E-state index in [9.17, 15) is 0 Å². The van der Waals surface area contributed by atoms with Gasteiger partial charge >= 0.3 is 0 Å². The second-order valence-electron chi connectivity index (χ2n) is 7.56. The third-order valence-corrected chi connectivity index (χ3v) is 5.69. The molecule has 1 aromatic heterocycles. The minimum Gasteiger partial charge on any atom is -0.459 e. The van der Waals surface area contributed by atoms with Crippen LogP contribution in [0.25, 0.3) is 11.0 Å². The minimum atomic E-state index is 0. The molecule has 0 saturated carbocycles. The number of rotatable bonds is 5. The van der Waals surface area contributed by atoms with Crippen molar-refractivity contribution in [2.45, 2.75) is 32.4 Å². The fourth-order valence-electron chi connectivity index (χ4n) is 4.07. The van der Waals surface area contributed by atoms with E-state index in [1.165, 1.54) is 11.1 Å². The van der Waals surface area contributed by atoms with E-state index >= 15 is 0 Å². The first kappa shape index (κ1) is 22.6. The average molecular weight is 519 g/mol. The third-order valence-electron chi connectivity index (χ3n) is 5.69. The van der Waals surface area contributed by atoms with Gasteiger partial charge < -0.3 is 19.8 Å². The van der Waals surface area contributed by atoms with Crippen LogP contribution in [0.3, 0.4) is 0 Å². The molecule has 1 aliphatic rings. The highest BCUT2D eigenvalue weighted by atomic mass is 127. The number of halogens is 1. The molecule has 30 heavy (non-hydrogen) atoms. The van der Waals surface area contributed by atoms with Crippen molar-refractivity contribution >= 4 is 40.9 Å². The molecule has 6 heteroatoms. The number of benzene rings is 2. The van der Waals surface area contributed by atoms with Gasteiger partial charge in [0.05, 0.1) is 12.6 Å². The zero-order chi connectivity index (χ0) is 20.1. The molecule has 160 valence electrons. The largest absolute Gasteiger partial charge is 0.459 e. The Balaban J connectivity index is 0.00000256. The van der Waals surface area contributed by atoms with Gasteiger partial charge in [-0.05, 0) is 31.4 Å². The number of nitrogens with zero attached hydrogens (tertiary/aromatic N) is 1. The van der Waals surface area contributed by atoms with Crippen LogP contribution in [-0.4, -0.2) is 26.2 Å². The van der Waals surface area contributed by atoms with Crippen molar-refractivity contribution in [3.8, 4) is 0 Å². The molecule has 1 saturated heterocycles. The number of furan rings is 1. The Morgan fingerprint density at radius 3 is 2.60 bits per heavy atom. The molecule has 3 aromatic rings. The number of hydrogen-bond donors (Lipinski definition) is 2. The van der Waals surface area contributed by atoms with Gasteiger partial charge in [0, 0.05) is 37.1 Å². The quantitative estimate of drug-likeness (QED) is 0.277. The maximum absolute atomic E-state index is 6.11. The second-order valence-corrected chi connectivity index (χ2v) is 7.56. The van der Waals surface area contributed by atoms with E-state index < -0.39 is 0 Å². The lowest BCUT2D eigenvalue weighted by Crippen LogP contribution is -2.41. The van der Waals surface area contributed by atoms with E-state index in [2.05, 4.69) is 52.9 Å². The fraction of sp³-hybridized carbons (Fsp3) is 0.375. The van der Waals surface area contributed by atoms with Crippen molar-refractivity contribution in [1.29, 1.82) is 0 Å². The average Bonchev–Trinajstić information content (AvgIpc) is 3.10. The molecule has 0 aliphatic carbocycles. The number of aliphatic imine (C=N–C) groups is 1. The monoisotopic (exact) mass is 519 g/mol. The van der Waals surface area contributed by atoms with Crippen LogP contribution < -0.4 is 10.6 Å². The summed E-state index contributed by atoms with van der Waals surface area (Å²) in [5.74, 6) is 2.14. The van der Waals surface area contributed by atoms with Crippen molar-refractivity contribution in [3.05, 3.63) is 71.5 Å². The summed E-state index contributed by atoms with van der Waals surface area (Å²) in [6, 6.07) is 18.6. The molecule has 2 heterocycles. The Bertz CT molecular complexity index is 971. The molecule has 0 bridgehead atoms. The van der Waals surface area contributed by atoms with E-state index in [1.807, 2.05) is 24.3 Å². The zero-order valence-corrected chi connectivity index (χ0v) is 19.9. The Morgan fingerprint density at radius 2 is 1.83 bits per heavy atom. The van der Waals surface area contributed by atoms with Gasteiger partial charge in [-0.25, -0.2) is 0 Å². The summed E-state index contributed by atoms with van der Waals surface area (Å²) in [5, 5.41) is 8.03. The maximum atomic E-state index is 6.11. The zero-order valence-electron chi connectivity index (χ0n) is 17.6. The smallest absolute Gasteiger partial charge is 0.191 e. The maximum Gasteiger partial charge on any atom is 0.191 e. The van der Waals surface area contributed by atoms with Crippen molar-refractivity contribution in [2.75, 3.05) is 20.2 Å².